The maximum atomic E-state index is 12.8. The van der Waals surface area contributed by atoms with Gasteiger partial charge in [0, 0.05) is 28.6 Å². The van der Waals surface area contributed by atoms with Crippen LogP contribution in [0.2, 0.25) is 4.34 Å². The molecule has 2 aromatic rings. The van der Waals surface area contributed by atoms with Crippen LogP contribution in [0.5, 0.6) is 0 Å². The first-order valence-electron chi connectivity index (χ1n) is 9.73. The standard InChI is InChI=1S/C21H26ClN3O3S2/c1-4-19(24(2)3)15-5-7-16(8-6-15)25-13-11-18(21(25)26)23-30(27,28)14-12-17-9-10-20(22)29-17/h5-10,12,14,18-19,23H,4,11,13H2,1-3H3/t18-,19-/m0/s1. The Morgan fingerprint density at radius 2 is 1.97 bits per heavy atom. The van der Waals surface area contributed by atoms with E-state index in [1.165, 1.54) is 23.0 Å². The van der Waals surface area contributed by atoms with Crippen LogP contribution in [-0.4, -0.2) is 45.9 Å². The van der Waals surface area contributed by atoms with Crippen LogP contribution in [0, 0.1) is 0 Å². The topological polar surface area (TPSA) is 69.7 Å². The summed E-state index contributed by atoms with van der Waals surface area (Å²) in [5.41, 5.74) is 1.97. The molecule has 162 valence electrons. The maximum Gasteiger partial charge on any atom is 0.245 e. The molecule has 0 saturated carbocycles. The van der Waals surface area contributed by atoms with Crippen LogP contribution in [0.1, 0.15) is 36.2 Å². The fraction of sp³-hybridized carbons (Fsp3) is 0.381. The molecule has 0 radical (unpaired) electrons. The molecule has 30 heavy (non-hydrogen) atoms. The number of hydrogen-bond acceptors (Lipinski definition) is 5. The molecule has 0 unspecified atom stereocenters. The minimum Gasteiger partial charge on any atom is -0.311 e. The van der Waals surface area contributed by atoms with E-state index >= 15 is 0 Å². The van der Waals surface area contributed by atoms with E-state index in [0.29, 0.717) is 23.3 Å². The van der Waals surface area contributed by atoms with Crippen molar-refractivity contribution in [3.8, 4) is 0 Å². The second-order valence-corrected chi connectivity index (χ2v) is 10.8. The first kappa shape index (κ1) is 23.0. The summed E-state index contributed by atoms with van der Waals surface area (Å²) in [7, 11) is 0.348. The van der Waals surface area contributed by atoms with Gasteiger partial charge in [0.25, 0.3) is 0 Å². The Morgan fingerprint density at radius 3 is 2.53 bits per heavy atom. The molecule has 3 rings (SSSR count). The third-order valence-electron chi connectivity index (χ3n) is 5.12. The van der Waals surface area contributed by atoms with Gasteiger partial charge in [-0.1, -0.05) is 30.7 Å². The molecule has 1 aromatic heterocycles. The Labute approximate surface area is 187 Å². The van der Waals surface area contributed by atoms with Crippen LogP contribution < -0.4 is 9.62 Å². The van der Waals surface area contributed by atoms with Gasteiger partial charge in [0.1, 0.15) is 6.04 Å². The summed E-state index contributed by atoms with van der Waals surface area (Å²) in [6, 6.07) is 10.9. The summed E-state index contributed by atoms with van der Waals surface area (Å²) in [6.45, 7) is 2.61. The van der Waals surface area contributed by atoms with Crippen molar-refractivity contribution in [3.05, 3.63) is 56.6 Å². The summed E-state index contributed by atoms with van der Waals surface area (Å²) in [6.07, 6.45) is 2.89. The Hall–Kier alpha value is -1.71. The molecule has 0 bridgehead atoms. The second-order valence-electron chi connectivity index (χ2n) is 7.42. The molecule has 1 aliphatic rings. The fourth-order valence-corrected chi connectivity index (χ4v) is 5.70. The normalized spacial score (nSPS) is 18.6. The smallest absolute Gasteiger partial charge is 0.245 e. The van der Waals surface area contributed by atoms with E-state index in [9.17, 15) is 13.2 Å². The number of anilines is 1. The van der Waals surface area contributed by atoms with E-state index in [0.717, 1.165) is 22.4 Å². The van der Waals surface area contributed by atoms with Crippen molar-refractivity contribution in [1.82, 2.24) is 9.62 Å². The van der Waals surface area contributed by atoms with Crippen LogP contribution in [0.3, 0.4) is 0 Å². The quantitative estimate of drug-likeness (QED) is 0.634. The molecule has 1 saturated heterocycles. The van der Waals surface area contributed by atoms with Crippen molar-refractivity contribution in [3.63, 3.8) is 0 Å². The zero-order valence-corrected chi connectivity index (χ0v) is 19.6. The van der Waals surface area contributed by atoms with E-state index in [1.54, 1.807) is 17.0 Å². The zero-order chi connectivity index (χ0) is 21.9. The van der Waals surface area contributed by atoms with Gasteiger partial charge in [-0.15, -0.1) is 11.3 Å². The van der Waals surface area contributed by atoms with Gasteiger partial charge >= 0.3 is 0 Å². The van der Waals surface area contributed by atoms with Gasteiger partial charge in [-0.3, -0.25) is 4.79 Å². The summed E-state index contributed by atoms with van der Waals surface area (Å²) < 4.78 is 27.8. The van der Waals surface area contributed by atoms with Crippen LogP contribution >= 0.6 is 22.9 Å². The average molecular weight is 468 g/mol. The molecule has 9 heteroatoms. The summed E-state index contributed by atoms with van der Waals surface area (Å²) in [4.78, 5) is 17.3. The predicted molar refractivity (Wildman–Crippen MR) is 124 cm³/mol. The lowest BCUT2D eigenvalue weighted by atomic mass is 10.0. The van der Waals surface area contributed by atoms with Crippen molar-refractivity contribution in [2.24, 2.45) is 0 Å². The van der Waals surface area contributed by atoms with E-state index in [1.807, 2.05) is 38.4 Å². The number of nitrogens with zero attached hydrogens (tertiary/aromatic N) is 2. The van der Waals surface area contributed by atoms with Gasteiger partial charge in [0.2, 0.25) is 15.9 Å². The summed E-state index contributed by atoms with van der Waals surface area (Å²) in [5.74, 6) is -0.237. The minimum atomic E-state index is -3.74. The number of amides is 1. The van der Waals surface area contributed by atoms with Crippen molar-refractivity contribution >= 4 is 50.6 Å². The molecule has 1 N–H and O–H groups in total. The van der Waals surface area contributed by atoms with Gasteiger partial charge < -0.3 is 9.80 Å². The van der Waals surface area contributed by atoms with E-state index < -0.39 is 16.1 Å². The summed E-state index contributed by atoms with van der Waals surface area (Å²) >= 11 is 7.14. The van der Waals surface area contributed by atoms with Crippen LogP contribution in [0.4, 0.5) is 5.69 Å². The van der Waals surface area contributed by atoms with Crippen molar-refractivity contribution in [2.45, 2.75) is 31.8 Å². The molecule has 1 aromatic carbocycles. The number of halogens is 1. The second kappa shape index (κ2) is 9.62. The molecule has 2 heterocycles. The van der Waals surface area contributed by atoms with Gasteiger partial charge in [0.05, 0.1) is 4.34 Å². The van der Waals surface area contributed by atoms with Crippen molar-refractivity contribution in [1.29, 1.82) is 0 Å². The molecule has 0 aliphatic carbocycles. The number of carbonyl (C=O) groups is 1. The average Bonchev–Trinajstić information content (AvgIpc) is 3.27. The molecule has 1 aliphatic heterocycles. The number of hydrogen-bond donors (Lipinski definition) is 1. The summed E-state index contributed by atoms with van der Waals surface area (Å²) in [5, 5.41) is 1.08. The van der Waals surface area contributed by atoms with Gasteiger partial charge in [-0.2, -0.15) is 4.72 Å². The maximum absolute atomic E-state index is 12.8. The van der Waals surface area contributed by atoms with Gasteiger partial charge in [0.15, 0.2) is 0 Å². The number of sulfonamides is 1. The SMILES string of the molecule is CC[C@@H](c1ccc(N2CC[C@H](NS(=O)(=O)C=Cc3ccc(Cl)s3)C2=O)cc1)N(C)C. The Kier molecular flexibility index (Phi) is 7.36. The highest BCUT2D eigenvalue weighted by Gasteiger charge is 2.34. The van der Waals surface area contributed by atoms with Crippen LogP contribution in [0.25, 0.3) is 6.08 Å². The molecule has 2 atom stereocenters. The minimum absolute atomic E-state index is 0.237. The number of carbonyl (C=O) groups excluding carboxylic acids is 1. The molecule has 1 amide bonds. The third-order valence-corrected chi connectivity index (χ3v) is 7.42. The lowest BCUT2D eigenvalue weighted by molar-refractivity contribution is -0.118. The van der Waals surface area contributed by atoms with E-state index in [4.69, 9.17) is 11.6 Å². The first-order chi connectivity index (χ1) is 14.2. The van der Waals surface area contributed by atoms with Crippen molar-refractivity contribution in [2.75, 3.05) is 25.5 Å². The van der Waals surface area contributed by atoms with Gasteiger partial charge in [-0.25, -0.2) is 8.42 Å². The van der Waals surface area contributed by atoms with E-state index in [2.05, 4.69) is 16.5 Å². The number of rotatable bonds is 8. The molecule has 0 spiro atoms. The number of thiophene rings is 1. The Bertz CT molecular complexity index is 1020. The monoisotopic (exact) mass is 467 g/mol. The lowest BCUT2D eigenvalue weighted by Gasteiger charge is -2.24. The van der Waals surface area contributed by atoms with Crippen LogP contribution in [-0.2, 0) is 14.8 Å². The third kappa shape index (κ3) is 5.50. The first-order valence-corrected chi connectivity index (χ1v) is 12.5. The molecule has 6 nitrogen and oxygen atoms in total. The van der Waals surface area contributed by atoms with Gasteiger partial charge in [-0.05, 0) is 62.8 Å². The Balaban J connectivity index is 1.66. The number of benzene rings is 1. The van der Waals surface area contributed by atoms with Crippen molar-refractivity contribution < 1.29 is 13.2 Å². The molecular formula is C21H26ClN3O3S2. The van der Waals surface area contributed by atoms with E-state index in [-0.39, 0.29) is 5.91 Å². The highest BCUT2D eigenvalue weighted by molar-refractivity contribution is 7.92. The molecule has 1 fully saturated rings. The number of nitrogens with one attached hydrogen (secondary N) is 1. The highest BCUT2D eigenvalue weighted by Crippen LogP contribution is 2.27. The highest BCUT2D eigenvalue weighted by atomic mass is 35.5. The lowest BCUT2D eigenvalue weighted by Crippen LogP contribution is -2.40. The largest absolute Gasteiger partial charge is 0.311 e. The fourth-order valence-electron chi connectivity index (χ4n) is 3.63. The predicted octanol–water partition coefficient (Wildman–Crippen LogP) is 4.11. The Morgan fingerprint density at radius 1 is 1.27 bits per heavy atom. The van der Waals surface area contributed by atoms with Crippen LogP contribution in [0.15, 0.2) is 41.8 Å². The molecular weight excluding hydrogens is 442 g/mol. The zero-order valence-electron chi connectivity index (χ0n) is 17.2.